The van der Waals surface area contributed by atoms with Gasteiger partial charge in [0.25, 0.3) is 0 Å². The lowest BCUT2D eigenvalue weighted by molar-refractivity contribution is -0.139. The molecule has 1 N–H and O–H groups in total. The molecule has 9 aliphatic rings. The average molecular weight is 2030 g/mol. The number of amides is 5. The number of carbonyl (C=O) groups excluding carboxylic acids is 10. The Morgan fingerprint density at radius 1 is 0.485 bits per heavy atom. The Labute approximate surface area is 802 Å². The van der Waals surface area contributed by atoms with Gasteiger partial charge in [-0.2, -0.15) is 15.3 Å². The van der Waals surface area contributed by atoms with Gasteiger partial charge in [-0.3, -0.25) is 76.3 Å². The van der Waals surface area contributed by atoms with E-state index in [0.29, 0.717) is 138 Å². The SMILES string of the molecule is CC(=O)c1nn(CC(=O)N2[C@H]3C[C@@]4(C=CCCCCN(C)C(=O)Cc5ccc(Br)nc5NC3=O)C[C@@H]24)c2ccc(-c3cnc(C)nc3)cc12.CC(=O)c1nn(CC(=O)N2[C@H]3C[C@]4(C[C@@H]24)Cn2cc(nn2)COCc2ccc(Br)nc2CC3=O)c2ccc(-c3cnc(C)nc3)cc12.CC(=O)c1nn(CC(=O)N2[C@H]3C[C@]4(C[C@@H]24)Cn2cc(nn2)COCc2ccc(Br)nc2CC3=O)c2cnccc12. The molecule has 3 aliphatic carbocycles. The monoisotopic (exact) mass is 2020 g/mol. The highest BCUT2D eigenvalue weighted by Crippen LogP contribution is 2.63. The van der Waals surface area contributed by atoms with E-state index in [2.05, 4.69) is 141 Å². The number of Topliss-reactive ketones (excluding diaryl/α,β-unsaturated/α-hetero) is 5. The van der Waals surface area contributed by atoms with Gasteiger partial charge in [-0.05, 0) is 190 Å². The number of aromatic nitrogens is 20. The number of rotatable bonds is 11. The molecule has 694 valence electrons. The minimum atomic E-state index is -0.752. The van der Waals surface area contributed by atoms with Crippen molar-refractivity contribution in [1.82, 2.24) is 119 Å². The predicted molar refractivity (Wildman–Crippen MR) is 500 cm³/mol. The first-order valence-corrected chi connectivity index (χ1v) is 47.4. The fourth-order valence-corrected chi connectivity index (χ4v) is 21.5. The number of aryl methyl sites for hydroxylation is 2. The van der Waals surface area contributed by atoms with Crippen LogP contribution < -0.4 is 5.32 Å². The molecule has 6 aliphatic heterocycles. The number of hydrogen-bond acceptors (Lipinski definition) is 27. The van der Waals surface area contributed by atoms with E-state index in [1.165, 1.54) is 25.5 Å². The summed E-state index contributed by atoms with van der Waals surface area (Å²) in [6.07, 6.45) is 25.0. The highest BCUT2D eigenvalue weighted by molar-refractivity contribution is 9.11. The molecule has 9 atom stereocenters. The van der Waals surface area contributed by atoms with Gasteiger partial charge in [0.15, 0.2) is 28.9 Å². The summed E-state index contributed by atoms with van der Waals surface area (Å²) in [4.78, 5) is 177. The van der Waals surface area contributed by atoms with Crippen molar-refractivity contribution < 1.29 is 57.4 Å². The molecule has 0 unspecified atom stereocenters. The minimum Gasteiger partial charge on any atom is -0.370 e. The zero-order valence-electron chi connectivity index (χ0n) is 75.1. The number of allylic oxidation sites excluding steroid dienone is 1. The number of nitrogens with one attached hydrogen (secondary N) is 1. The van der Waals surface area contributed by atoms with Crippen LogP contribution in [-0.2, 0) is 121 Å². The van der Waals surface area contributed by atoms with Crippen molar-refractivity contribution >= 4 is 145 Å². The van der Waals surface area contributed by atoms with Gasteiger partial charge in [-0.25, -0.2) is 34.9 Å². The molecule has 3 saturated carbocycles. The van der Waals surface area contributed by atoms with Gasteiger partial charge >= 0.3 is 0 Å². The van der Waals surface area contributed by atoms with Crippen LogP contribution in [0.2, 0.25) is 0 Å². The number of fused-ring (bicyclic) bond motifs is 13. The van der Waals surface area contributed by atoms with Gasteiger partial charge in [-0.15, -0.1) is 10.2 Å². The quantitative estimate of drug-likeness (QED) is 0.0714. The van der Waals surface area contributed by atoms with Gasteiger partial charge in [0.05, 0.1) is 117 Å². The average Bonchev–Trinajstić information content (AvgIpc) is 1.53. The number of hydrogen-bond donors (Lipinski definition) is 1. The summed E-state index contributed by atoms with van der Waals surface area (Å²) in [5.41, 5.74) is 10.1. The van der Waals surface area contributed by atoms with Crippen LogP contribution in [-0.4, -0.2) is 227 Å². The van der Waals surface area contributed by atoms with Gasteiger partial charge in [-0.1, -0.05) is 52.9 Å². The molecular formula is C96H92Br3N25O12. The lowest BCUT2D eigenvalue weighted by Gasteiger charge is -2.27. The highest BCUT2D eigenvalue weighted by Gasteiger charge is 2.69. The van der Waals surface area contributed by atoms with Crippen molar-refractivity contribution in [2.45, 2.75) is 207 Å². The third kappa shape index (κ3) is 17.9. The molecule has 13 aromatic rings. The number of ether oxygens (including phenoxy) is 2. The molecule has 37 nitrogen and oxygen atoms in total. The lowest BCUT2D eigenvalue weighted by Crippen LogP contribution is -2.47. The maximum atomic E-state index is 14.3. The number of benzene rings is 2. The Bertz CT molecular complexity index is 7130. The van der Waals surface area contributed by atoms with E-state index in [0.717, 1.165) is 77.6 Å². The van der Waals surface area contributed by atoms with Crippen LogP contribution in [0.5, 0.6) is 0 Å². The van der Waals surface area contributed by atoms with Crippen LogP contribution in [0.3, 0.4) is 0 Å². The fourth-order valence-electron chi connectivity index (χ4n) is 20.5. The zero-order valence-corrected chi connectivity index (χ0v) is 79.8. The van der Waals surface area contributed by atoms with Gasteiger partial charge < -0.3 is 34.4 Å². The topological polar surface area (TPSA) is 432 Å². The largest absolute Gasteiger partial charge is 0.370 e. The van der Waals surface area contributed by atoms with Crippen LogP contribution in [0.4, 0.5) is 5.82 Å². The number of piperidine rings is 3. The van der Waals surface area contributed by atoms with Crippen molar-refractivity contribution in [3.8, 4) is 22.3 Å². The molecule has 22 rings (SSSR count). The summed E-state index contributed by atoms with van der Waals surface area (Å²) in [6.45, 7) is 10.5. The smallest absolute Gasteiger partial charge is 0.248 e. The molecule has 40 heteroatoms. The van der Waals surface area contributed by atoms with Crippen LogP contribution in [0.15, 0.2) is 154 Å². The molecule has 10 bridgehead atoms. The normalized spacial score (nSPS) is 22.8. The van der Waals surface area contributed by atoms with E-state index < -0.39 is 18.1 Å². The number of likely N-dealkylation sites (tertiary alicyclic amines) is 3. The lowest BCUT2D eigenvalue weighted by atomic mass is 9.94. The van der Waals surface area contributed by atoms with Gasteiger partial charge in [0, 0.05) is 133 Å². The summed E-state index contributed by atoms with van der Waals surface area (Å²) < 4.78 is 21.8. The van der Waals surface area contributed by atoms with Crippen LogP contribution in [0, 0.1) is 30.1 Å². The third-order valence-corrected chi connectivity index (χ3v) is 28.9. The molecule has 3 saturated heterocycles. The fraction of sp³-hybridized carbons (Fsp3) is 0.385. The van der Waals surface area contributed by atoms with E-state index in [1.54, 1.807) is 101 Å². The molecule has 6 fully saturated rings. The Balaban J connectivity index is 0.000000127. The van der Waals surface area contributed by atoms with Crippen molar-refractivity contribution in [3.63, 3.8) is 0 Å². The maximum Gasteiger partial charge on any atom is 0.248 e. The number of nitrogens with zero attached hydrogens (tertiary/aromatic N) is 24. The molecule has 17 heterocycles. The van der Waals surface area contributed by atoms with Crippen molar-refractivity contribution in [1.29, 1.82) is 0 Å². The Morgan fingerprint density at radius 3 is 1.46 bits per heavy atom. The molecule has 5 amide bonds. The number of halogens is 3. The predicted octanol–water partition coefficient (Wildman–Crippen LogP) is 10.8. The van der Waals surface area contributed by atoms with E-state index in [4.69, 9.17) is 9.47 Å². The standard InChI is InChI=1S/C36H37BrN8O4.C33H30BrN9O4.C27H25BrN8O4/c1-21(46)33-26-14-23(25-18-38-22(2)39-19-25)8-10-27(26)44(42-33)20-32(48)45-28-16-36(17-29(36)45)12-6-4-5-7-13-43(3)31(47)15-24-9-11-30(37)40-34(24)41-35(28)49;1-18(44)32-24-7-20(22-11-35-19(2)36-12-22)3-5-26(24)42(39-32)14-31(46)43-27-9-33(10-29(33)43)17-41-13-23(38-40-41)16-47-15-21-4-6-30(34)37-25(21)8-28(27)45;1-15(37)26-18-4-5-29-9-21(18)35(32-26)11-25(39)36-20-7-27(8-23(27)36)14-34-10-17(31-33-34)13-40-12-16-2-3-24(28)30-19(16)6-22(20)38/h6,8-12,14,18-19,28-29H,4-5,7,13,15-17,20H2,1-3H3,(H,40,41,49);3-7,11-13,27,29H,8-10,14-17H2,1-2H3;2-5,9-10,20,23H,6-8,11-14H2,1H3/t28-,29+,36-;27-,29+,33-;20-,23+,27-/m000/s1. The number of ketones is 5. The van der Waals surface area contributed by atoms with Crippen molar-refractivity contribution in [3.05, 3.63) is 223 Å². The van der Waals surface area contributed by atoms with E-state index >= 15 is 0 Å². The molecule has 3 spiro atoms. The molecule has 0 radical (unpaired) electrons. The van der Waals surface area contributed by atoms with E-state index in [9.17, 15) is 47.9 Å². The molecule has 2 aromatic carbocycles. The summed E-state index contributed by atoms with van der Waals surface area (Å²) in [5.74, 6) is -0.265. The number of likely N-dealkylation sites (N-methyl/N-ethyl adjacent to an activating group) is 1. The molecule has 136 heavy (non-hydrogen) atoms. The van der Waals surface area contributed by atoms with Crippen LogP contribution in [0.1, 0.15) is 161 Å². The van der Waals surface area contributed by atoms with Gasteiger partial charge in [0.2, 0.25) is 29.5 Å². The summed E-state index contributed by atoms with van der Waals surface area (Å²) in [5, 5.41) is 35.7. The number of pyridine rings is 4. The second kappa shape index (κ2) is 36.4. The summed E-state index contributed by atoms with van der Waals surface area (Å²) >= 11 is 10.3. The third-order valence-electron chi connectivity index (χ3n) is 27.6. The number of anilines is 1. The van der Waals surface area contributed by atoms with E-state index in [1.807, 2.05) is 86.9 Å². The summed E-state index contributed by atoms with van der Waals surface area (Å²) in [7, 11) is 1.80. The number of carbonyl (C=O) groups is 10. The molecule has 11 aromatic heterocycles. The van der Waals surface area contributed by atoms with Crippen LogP contribution in [0.25, 0.3) is 55.0 Å². The minimum absolute atomic E-state index is 0.0594. The van der Waals surface area contributed by atoms with Crippen molar-refractivity contribution in [2.24, 2.45) is 16.2 Å². The first-order chi connectivity index (χ1) is 65.5. The Kier molecular flexibility index (Phi) is 24.2. The first kappa shape index (κ1) is 90.5. The highest BCUT2D eigenvalue weighted by atomic mass is 79.9. The second-order valence-corrected chi connectivity index (χ2v) is 39.3. The first-order valence-electron chi connectivity index (χ1n) is 45.0. The summed E-state index contributed by atoms with van der Waals surface area (Å²) in [6, 6.07) is 21.6. The van der Waals surface area contributed by atoms with Crippen LogP contribution >= 0.6 is 47.8 Å². The maximum absolute atomic E-state index is 14.3. The molecular weight excluding hydrogens is 1930 g/mol. The van der Waals surface area contributed by atoms with Gasteiger partial charge in [0.1, 0.15) is 85.4 Å². The Hall–Kier alpha value is -13.3. The Morgan fingerprint density at radius 2 is 0.956 bits per heavy atom. The second-order valence-electron chi connectivity index (χ2n) is 36.8. The van der Waals surface area contributed by atoms with E-state index in [-0.39, 0.29) is 163 Å². The zero-order chi connectivity index (χ0) is 94.5. The van der Waals surface area contributed by atoms with Crippen molar-refractivity contribution in [2.75, 3.05) is 18.9 Å².